The van der Waals surface area contributed by atoms with E-state index in [4.69, 9.17) is 5.11 Å². The lowest BCUT2D eigenvalue weighted by Crippen LogP contribution is -2.10. The number of carboxylic acids is 1. The average Bonchev–Trinajstić information content (AvgIpc) is 2.36. The topological polar surface area (TPSA) is 68.0 Å². The first-order valence-electron chi connectivity index (χ1n) is 2.99. The molecule has 1 unspecified atom stereocenters. The molecule has 0 saturated carbocycles. The van der Waals surface area contributed by atoms with Crippen LogP contribution in [0.15, 0.2) is 11.5 Å². The molecule has 0 spiro atoms. The van der Waals surface area contributed by atoms with Crippen LogP contribution in [0.2, 0.25) is 0 Å². The van der Waals surface area contributed by atoms with Crippen molar-refractivity contribution in [3.05, 3.63) is 6.33 Å². The van der Waals surface area contributed by atoms with Gasteiger partial charge >= 0.3 is 5.97 Å². The van der Waals surface area contributed by atoms with Crippen LogP contribution < -0.4 is 0 Å². The maximum Gasteiger partial charge on any atom is 0.349 e. The summed E-state index contributed by atoms with van der Waals surface area (Å²) in [5.74, 6) is -1.51. The normalized spacial score (nSPS) is 12.8. The molecule has 1 rings (SSSR count). The van der Waals surface area contributed by atoms with E-state index in [2.05, 4.69) is 10.1 Å². The lowest BCUT2D eigenvalue weighted by molar-refractivity contribution is -0.139. The van der Waals surface area contributed by atoms with Crippen LogP contribution in [-0.2, 0) is 11.8 Å². The number of rotatable bonds is 3. The molecule has 0 aromatic carbocycles. The molecule has 1 aromatic rings. The van der Waals surface area contributed by atoms with Crippen molar-refractivity contribution in [3.8, 4) is 0 Å². The van der Waals surface area contributed by atoms with Gasteiger partial charge in [0, 0.05) is 7.05 Å². The number of nitrogens with zero attached hydrogens (tertiary/aromatic N) is 3. The Hall–Kier alpha value is -1.11. The molecule has 1 atom stereocenters. The number of thioether (sulfide) groups is 1. The highest BCUT2D eigenvalue weighted by molar-refractivity contribution is 8.00. The van der Waals surface area contributed by atoms with E-state index in [9.17, 15) is 9.18 Å². The Morgan fingerprint density at radius 3 is 3.00 bits per heavy atom. The van der Waals surface area contributed by atoms with E-state index < -0.39 is 11.5 Å². The van der Waals surface area contributed by atoms with Crippen molar-refractivity contribution in [2.45, 2.75) is 10.7 Å². The predicted molar refractivity (Wildman–Crippen MR) is 39.4 cm³/mol. The van der Waals surface area contributed by atoms with Gasteiger partial charge in [0.05, 0.1) is 0 Å². The zero-order valence-electron chi connectivity index (χ0n) is 6.14. The second-order valence-corrected chi connectivity index (χ2v) is 2.95. The van der Waals surface area contributed by atoms with Gasteiger partial charge in [-0.15, -0.1) is 0 Å². The summed E-state index contributed by atoms with van der Waals surface area (Å²) in [4.78, 5) is 13.7. The second-order valence-electron chi connectivity index (χ2n) is 1.94. The third-order valence-corrected chi connectivity index (χ3v) is 2.06. The van der Waals surface area contributed by atoms with Crippen molar-refractivity contribution in [1.82, 2.24) is 14.8 Å². The summed E-state index contributed by atoms with van der Waals surface area (Å²) < 4.78 is 13.9. The fraction of sp³-hybridized carbons (Fsp3) is 0.400. The predicted octanol–water partition coefficient (Wildman–Crippen LogP) is 0.287. The molecule has 0 amide bonds. The highest BCUT2D eigenvalue weighted by Gasteiger charge is 2.19. The lowest BCUT2D eigenvalue weighted by atomic mass is 10.8. The minimum absolute atomic E-state index is 0.241. The molecular formula is C5H6FN3O2S. The van der Waals surface area contributed by atoms with Crippen LogP contribution in [-0.4, -0.2) is 31.3 Å². The van der Waals surface area contributed by atoms with E-state index in [0.29, 0.717) is 11.8 Å². The van der Waals surface area contributed by atoms with E-state index in [1.807, 2.05) is 0 Å². The number of aryl methyl sites for hydroxylation is 1. The molecule has 5 nitrogen and oxygen atoms in total. The Kier molecular flexibility index (Phi) is 2.64. The Morgan fingerprint density at radius 2 is 2.58 bits per heavy atom. The van der Waals surface area contributed by atoms with E-state index in [1.54, 1.807) is 7.05 Å². The van der Waals surface area contributed by atoms with Crippen LogP contribution in [0.5, 0.6) is 0 Å². The number of hydrogen-bond acceptors (Lipinski definition) is 4. The van der Waals surface area contributed by atoms with Gasteiger partial charge in [-0.25, -0.2) is 18.9 Å². The summed E-state index contributed by atoms with van der Waals surface area (Å²) in [6.45, 7) is 0. The average molecular weight is 191 g/mol. The summed E-state index contributed by atoms with van der Waals surface area (Å²) in [7, 11) is 1.56. The second kappa shape index (κ2) is 3.53. The molecule has 0 fully saturated rings. The first-order valence-corrected chi connectivity index (χ1v) is 3.86. The van der Waals surface area contributed by atoms with Crippen molar-refractivity contribution < 1.29 is 14.3 Å². The van der Waals surface area contributed by atoms with Crippen LogP contribution >= 0.6 is 11.8 Å². The van der Waals surface area contributed by atoms with E-state index in [-0.39, 0.29) is 5.16 Å². The number of hydrogen-bond donors (Lipinski definition) is 1. The Balaban J connectivity index is 2.64. The van der Waals surface area contributed by atoms with E-state index in [0.717, 1.165) is 0 Å². The SMILES string of the molecule is Cn1ncnc1SC(F)C(=O)O. The van der Waals surface area contributed by atoms with E-state index >= 15 is 0 Å². The van der Waals surface area contributed by atoms with Gasteiger partial charge in [-0.2, -0.15) is 5.10 Å². The highest BCUT2D eigenvalue weighted by atomic mass is 32.2. The number of halogens is 1. The molecule has 0 radical (unpaired) electrons. The molecule has 0 bridgehead atoms. The fourth-order valence-corrected chi connectivity index (χ4v) is 1.13. The quantitative estimate of drug-likeness (QED) is 0.695. The molecule has 1 aromatic heterocycles. The molecule has 0 saturated heterocycles. The van der Waals surface area contributed by atoms with Gasteiger partial charge in [-0.1, -0.05) is 0 Å². The summed E-state index contributed by atoms with van der Waals surface area (Å²) in [6, 6.07) is 0. The van der Waals surface area contributed by atoms with Crippen molar-refractivity contribution in [1.29, 1.82) is 0 Å². The molecule has 1 heterocycles. The smallest absolute Gasteiger partial charge is 0.349 e. The maximum atomic E-state index is 12.6. The zero-order chi connectivity index (χ0) is 9.14. The van der Waals surface area contributed by atoms with Crippen LogP contribution in [0.1, 0.15) is 0 Å². The van der Waals surface area contributed by atoms with Gasteiger partial charge in [0.2, 0.25) is 5.50 Å². The lowest BCUT2D eigenvalue weighted by Gasteiger charge is -2.00. The number of carboxylic acid groups (broad SMARTS) is 1. The molecular weight excluding hydrogens is 185 g/mol. The molecule has 66 valence electrons. The van der Waals surface area contributed by atoms with Gasteiger partial charge in [0.1, 0.15) is 6.33 Å². The first kappa shape index (κ1) is 8.98. The van der Waals surface area contributed by atoms with Crippen LogP contribution in [0.25, 0.3) is 0 Å². The number of alkyl halides is 1. The maximum absolute atomic E-state index is 12.6. The van der Waals surface area contributed by atoms with Crippen molar-refractivity contribution in [2.75, 3.05) is 0 Å². The Labute approximate surface area is 71.6 Å². The molecule has 0 aliphatic rings. The van der Waals surface area contributed by atoms with Crippen LogP contribution in [0.4, 0.5) is 4.39 Å². The summed E-state index contributed by atoms with van der Waals surface area (Å²) >= 11 is 0.508. The fourth-order valence-electron chi connectivity index (χ4n) is 0.535. The number of carbonyl (C=O) groups is 1. The van der Waals surface area contributed by atoms with Crippen LogP contribution in [0, 0.1) is 0 Å². The molecule has 0 aliphatic heterocycles. The van der Waals surface area contributed by atoms with E-state index in [1.165, 1.54) is 11.0 Å². The minimum atomic E-state index is -1.99. The summed E-state index contributed by atoms with van der Waals surface area (Å²) in [5.41, 5.74) is -1.99. The van der Waals surface area contributed by atoms with Gasteiger partial charge in [-0.3, -0.25) is 0 Å². The number of aliphatic carboxylic acids is 1. The molecule has 1 N–H and O–H groups in total. The standard InChI is InChI=1S/C5H6FN3O2S/c1-9-5(7-2-8-9)12-3(6)4(10)11/h2-3H,1H3,(H,10,11). The zero-order valence-corrected chi connectivity index (χ0v) is 6.95. The summed E-state index contributed by atoms with van der Waals surface area (Å²) in [5, 5.41) is 12.1. The van der Waals surface area contributed by atoms with Gasteiger partial charge < -0.3 is 5.11 Å². The minimum Gasteiger partial charge on any atom is -0.478 e. The highest BCUT2D eigenvalue weighted by Crippen LogP contribution is 2.20. The summed E-state index contributed by atoms with van der Waals surface area (Å²) in [6.07, 6.45) is 1.23. The van der Waals surface area contributed by atoms with Crippen molar-refractivity contribution >= 4 is 17.7 Å². The molecule has 0 aliphatic carbocycles. The third kappa shape index (κ3) is 1.94. The van der Waals surface area contributed by atoms with Gasteiger partial charge in [0.15, 0.2) is 5.16 Å². The van der Waals surface area contributed by atoms with Gasteiger partial charge in [-0.05, 0) is 11.8 Å². The van der Waals surface area contributed by atoms with Crippen molar-refractivity contribution in [3.63, 3.8) is 0 Å². The number of aromatic nitrogens is 3. The van der Waals surface area contributed by atoms with Crippen LogP contribution in [0.3, 0.4) is 0 Å². The monoisotopic (exact) mass is 191 g/mol. The Morgan fingerprint density at radius 1 is 1.92 bits per heavy atom. The molecule has 7 heteroatoms. The van der Waals surface area contributed by atoms with Gasteiger partial charge in [0.25, 0.3) is 0 Å². The Bertz CT molecular complexity index is 290. The largest absolute Gasteiger partial charge is 0.478 e. The van der Waals surface area contributed by atoms with Crippen molar-refractivity contribution in [2.24, 2.45) is 7.05 Å². The first-order chi connectivity index (χ1) is 5.61. The molecule has 12 heavy (non-hydrogen) atoms. The third-order valence-electron chi connectivity index (χ3n) is 1.07.